The molecule has 0 unspecified atom stereocenters. The molecule has 3 fully saturated rings. The van der Waals surface area contributed by atoms with E-state index in [2.05, 4.69) is 4.90 Å². The van der Waals surface area contributed by atoms with E-state index in [-0.39, 0.29) is 23.7 Å². The molecule has 3 aliphatic heterocycles. The van der Waals surface area contributed by atoms with Crippen LogP contribution in [0.25, 0.3) is 6.08 Å². The molecule has 0 atom stereocenters. The number of fused-ring (bicyclic) bond motifs is 4. The summed E-state index contributed by atoms with van der Waals surface area (Å²) in [4.78, 5) is 14.1. The highest BCUT2D eigenvalue weighted by Crippen LogP contribution is 2.35. The lowest BCUT2D eigenvalue weighted by Gasteiger charge is -2.29. The molecule has 2 bridgehead atoms. The SMILES string of the molecule is O=C1C/C(=C/c2ccccc2C(F)(F)F)N2CCC1CC2. The monoisotopic (exact) mass is 295 g/mol. The van der Waals surface area contributed by atoms with Crippen molar-refractivity contribution in [3.63, 3.8) is 0 Å². The van der Waals surface area contributed by atoms with E-state index in [9.17, 15) is 18.0 Å². The maximum atomic E-state index is 13.0. The number of hydrogen-bond acceptors (Lipinski definition) is 2. The molecule has 0 radical (unpaired) electrons. The molecular formula is C16H16F3NO. The smallest absolute Gasteiger partial charge is 0.374 e. The first-order valence-electron chi connectivity index (χ1n) is 7.09. The van der Waals surface area contributed by atoms with Gasteiger partial charge in [-0.15, -0.1) is 0 Å². The Balaban J connectivity index is 2.00. The number of ketones is 1. The standard InChI is InChI=1S/C16H16F3NO/c17-16(18,19)14-4-2-1-3-12(14)9-13-10-15(21)11-5-7-20(13)8-6-11/h1-4,9,11H,5-8,10H2/b13-9-. The Morgan fingerprint density at radius 1 is 1.14 bits per heavy atom. The van der Waals surface area contributed by atoms with E-state index in [1.165, 1.54) is 18.2 Å². The van der Waals surface area contributed by atoms with Crippen molar-refractivity contribution in [2.45, 2.75) is 25.4 Å². The number of carbonyl (C=O) groups is 1. The quantitative estimate of drug-likeness (QED) is 0.787. The number of piperidine rings is 1. The highest BCUT2D eigenvalue weighted by molar-refractivity contribution is 5.85. The fraction of sp³-hybridized carbons (Fsp3) is 0.438. The minimum absolute atomic E-state index is 0.0880. The third kappa shape index (κ3) is 2.82. The predicted molar refractivity (Wildman–Crippen MR) is 73.3 cm³/mol. The zero-order valence-corrected chi connectivity index (χ0v) is 11.5. The van der Waals surface area contributed by atoms with Gasteiger partial charge in [-0.3, -0.25) is 4.79 Å². The van der Waals surface area contributed by atoms with Gasteiger partial charge in [0, 0.05) is 31.1 Å². The van der Waals surface area contributed by atoms with E-state index in [0.29, 0.717) is 0 Å². The van der Waals surface area contributed by atoms with Crippen LogP contribution in [0, 0.1) is 5.92 Å². The fourth-order valence-corrected chi connectivity index (χ4v) is 3.13. The van der Waals surface area contributed by atoms with E-state index < -0.39 is 11.7 Å². The second-order valence-corrected chi connectivity index (χ2v) is 5.63. The molecule has 0 spiro atoms. The topological polar surface area (TPSA) is 20.3 Å². The molecule has 0 amide bonds. The molecule has 5 heteroatoms. The normalized spacial score (nSPS) is 22.0. The summed E-state index contributed by atoms with van der Waals surface area (Å²) < 4.78 is 39.1. The average molecular weight is 295 g/mol. The lowest BCUT2D eigenvalue weighted by molar-refractivity contribution is -0.137. The van der Waals surface area contributed by atoms with E-state index in [1.807, 2.05) is 0 Å². The molecule has 0 saturated carbocycles. The van der Waals surface area contributed by atoms with Crippen molar-refractivity contribution in [1.82, 2.24) is 4.90 Å². The minimum Gasteiger partial charge on any atom is -0.374 e. The zero-order valence-electron chi connectivity index (χ0n) is 11.5. The number of rotatable bonds is 1. The summed E-state index contributed by atoms with van der Waals surface area (Å²) in [6, 6.07) is 5.51. The van der Waals surface area contributed by atoms with Crippen LogP contribution in [0.5, 0.6) is 0 Å². The van der Waals surface area contributed by atoms with Crippen molar-refractivity contribution in [2.24, 2.45) is 5.92 Å². The van der Waals surface area contributed by atoms with Gasteiger partial charge in [-0.25, -0.2) is 0 Å². The number of carbonyl (C=O) groups excluding carboxylic acids is 1. The van der Waals surface area contributed by atoms with Gasteiger partial charge in [-0.05, 0) is 30.5 Å². The van der Waals surface area contributed by atoms with Gasteiger partial charge in [0.25, 0.3) is 0 Å². The van der Waals surface area contributed by atoms with Crippen molar-refractivity contribution in [1.29, 1.82) is 0 Å². The van der Waals surface area contributed by atoms with E-state index >= 15 is 0 Å². The summed E-state index contributed by atoms with van der Waals surface area (Å²) in [5.41, 5.74) is 0.208. The summed E-state index contributed by atoms with van der Waals surface area (Å²) in [6.07, 6.45) is -0.963. The van der Waals surface area contributed by atoms with Gasteiger partial charge in [-0.2, -0.15) is 13.2 Å². The van der Waals surface area contributed by atoms with E-state index in [0.717, 1.165) is 37.7 Å². The number of allylic oxidation sites excluding steroid dienone is 1. The molecule has 4 rings (SSSR count). The van der Waals surface area contributed by atoms with Crippen LogP contribution in [0.4, 0.5) is 13.2 Å². The van der Waals surface area contributed by atoms with Crippen molar-refractivity contribution >= 4 is 11.9 Å². The third-order valence-electron chi connectivity index (χ3n) is 4.30. The second kappa shape index (κ2) is 5.20. The highest BCUT2D eigenvalue weighted by Gasteiger charge is 2.34. The lowest BCUT2D eigenvalue weighted by atomic mass is 9.94. The van der Waals surface area contributed by atoms with E-state index in [4.69, 9.17) is 0 Å². The summed E-state index contributed by atoms with van der Waals surface area (Å²) in [6.45, 7) is 1.52. The molecule has 0 aliphatic carbocycles. The van der Waals surface area contributed by atoms with Gasteiger partial charge in [0.15, 0.2) is 0 Å². The van der Waals surface area contributed by atoms with Gasteiger partial charge in [0.1, 0.15) is 5.78 Å². The van der Waals surface area contributed by atoms with Crippen LogP contribution in [-0.4, -0.2) is 23.8 Å². The minimum atomic E-state index is -4.38. The summed E-state index contributed by atoms with van der Waals surface area (Å²) in [5, 5.41) is 0. The Bertz CT molecular complexity index is 583. The lowest BCUT2D eigenvalue weighted by Crippen LogP contribution is -2.30. The van der Waals surface area contributed by atoms with Crippen LogP contribution in [0.3, 0.4) is 0 Å². The van der Waals surface area contributed by atoms with Crippen LogP contribution in [-0.2, 0) is 11.0 Å². The van der Waals surface area contributed by atoms with Crippen LogP contribution >= 0.6 is 0 Å². The van der Waals surface area contributed by atoms with Crippen molar-refractivity contribution in [2.75, 3.05) is 13.1 Å². The van der Waals surface area contributed by atoms with Crippen LogP contribution in [0.2, 0.25) is 0 Å². The molecule has 2 nitrogen and oxygen atoms in total. The molecule has 0 aromatic heterocycles. The summed E-state index contributed by atoms with van der Waals surface area (Å²) >= 11 is 0. The number of benzene rings is 1. The van der Waals surface area contributed by atoms with Crippen molar-refractivity contribution < 1.29 is 18.0 Å². The molecule has 0 N–H and O–H groups in total. The van der Waals surface area contributed by atoms with Crippen LogP contribution in [0.15, 0.2) is 30.0 Å². The summed E-state index contributed by atoms with van der Waals surface area (Å²) in [5.74, 6) is 0.246. The Morgan fingerprint density at radius 2 is 1.81 bits per heavy atom. The molecule has 112 valence electrons. The first kappa shape index (κ1) is 14.2. The van der Waals surface area contributed by atoms with Gasteiger partial charge in [0.2, 0.25) is 0 Å². The highest BCUT2D eigenvalue weighted by atomic mass is 19.4. The predicted octanol–water partition coefficient (Wildman–Crippen LogP) is 3.73. The molecule has 3 aliphatic rings. The third-order valence-corrected chi connectivity index (χ3v) is 4.30. The van der Waals surface area contributed by atoms with Crippen LogP contribution < -0.4 is 0 Å². The first-order chi connectivity index (χ1) is 9.95. The van der Waals surface area contributed by atoms with E-state index in [1.54, 1.807) is 6.07 Å². The fourth-order valence-electron chi connectivity index (χ4n) is 3.13. The zero-order chi connectivity index (χ0) is 15.0. The Labute approximate surface area is 121 Å². The summed E-state index contributed by atoms with van der Waals surface area (Å²) in [7, 11) is 0. The largest absolute Gasteiger partial charge is 0.416 e. The van der Waals surface area contributed by atoms with Gasteiger partial charge in [0.05, 0.1) is 5.56 Å². The maximum absolute atomic E-state index is 13.0. The Morgan fingerprint density at radius 3 is 2.48 bits per heavy atom. The molecular weight excluding hydrogens is 279 g/mol. The molecule has 1 aromatic rings. The van der Waals surface area contributed by atoms with Gasteiger partial charge in [-0.1, -0.05) is 18.2 Å². The molecule has 21 heavy (non-hydrogen) atoms. The average Bonchev–Trinajstić information content (AvgIpc) is 2.68. The van der Waals surface area contributed by atoms with Gasteiger partial charge < -0.3 is 4.90 Å². The number of halogens is 3. The number of alkyl halides is 3. The maximum Gasteiger partial charge on any atom is 0.416 e. The van der Waals surface area contributed by atoms with Crippen molar-refractivity contribution in [3.05, 3.63) is 41.1 Å². The Hall–Kier alpha value is -1.78. The van der Waals surface area contributed by atoms with Gasteiger partial charge >= 0.3 is 6.18 Å². The number of Topliss-reactive ketones (excluding diaryl/α,β-unsaturated/α-hetero) is 1. The van der Waals surface area contributed by atoms with Crippen molar-refractivity contribution in [3.8, 4) is 0 Å². The number of hydrogen-bond donors (Lipinski definition) is 0. The Kier molecular flexibility index (Phi) is 3.51. The first-order valence-corrected chi connectivity index (χ1v) is 7.09. The second-order valence-electron chi connectivity index (χ2n) is 5.63. The molecule has 1 aromatic carbocycles. The van der Waals surface area contributed by atoms with Crippen LogP contribution in [0.1, 0.15) is 30.4 Å². The molecule has 3 heterocycles. The number of nitrogens with zero attached hydrogens (tertiary/aromatic N) is 1. The molecule has 3 saturated heterocycles.